The van der Waals surface area contributed by atoms with Crippen molar-refractivity contribution in [2.45, 2.75) is 38.2 Å². The summed E-state index contributed by atoms with van der Waals surface area (Å²) >= 11 is 0. The maximum Gasteiger partial charge on any atom is 0.331 e. The summed E-state index contributed by atoms with van der Waals surface area (Å²) in [6, 6.07) is 0. The van der Waals surface area contributed by atoms with Gasteiger partial charge in [0.15, 0.2) is 0 Å². The van der Waals surface area contributed by atoms with Gasteiger partial charge in [0.25, 0.3) is 0 Å². The van der Waals surface area contributed by atoms with E-state index in [-0.39, 0.29) is 12.1 Å². The summed E-state index contributed by atoms with van der Waals surface area (Å²) in [5.41, 5.74) is 0.955. The minimum Gasteiger partial charge on any atom is -0.454 e. The number of hydrogen-bond acceptors (Lipinski definition) is 2. The van der Waals surface area contributed by atoms with Gasteiger partial charge in [-0.2, -0.15) is 0 Å². The van der Waals surface area contributed by atoms with Gasteiger partial charge in [0.1, 0.15) is 6.10 Å². The van der Waals surface area contributed by atoms with Crippen LogP contribution in [-0.2, 0) is 9.53 Å². The van der Waals surface area contributed by atoms with Crippen LogP contribution < -0.4 is 0 Å². The van der Waals surface area contributed by atoms with Crippen LogP contribution in [0.4, 0.5) is 0 Å². The van der Waals surface area contributed by atoms with Crippen molar-refractivity contribution >= 4 is 5.97 Å². The van der Waals surface area contributed by atoms with E-state index >= 15 is 0 Å². The largest absolute Gasteiger partial charge is 0.454 e. The highest BCUT2D eigenvalue weighted by molar-refractivity contribution is 5.84. The Labute approximate surface area is 84.6 Å². The zero-order valence-corrected chi connectivity index (χ0v) is 8.37. The molecule has 2 nitrogen and oxygen atoms in total. The third-order valence-electron chi connectivity index (χ3n) is 3.12. The highest BCUT2D eigenvalue weighted by atomic mass is 16.5. The molecule has 0 saturated heterocycles. The molecule has 0 bridgehead atoms. The van der Waals surface area contributed by atoms with Crippen LogP contribution in [-0.4, -0.2) is 12.1 Å². The Morgan fingerprint density at radius 2 is 1.93 bits per heavy atom. The molecule has 2 heteroatoms. The van der Waals surface area contributed by atoms with Gasteiger partial charge in [-0.3, -0.25) is 0 Å². The Balaban J connectivity index is 2.05. The molecule has 0 radical (unpaired) electrons. The van der Waals surface area contributed by atoms with E-state index in [4.69, 9.17) is 4.74 Å². The fraction of sp³-hybridized carbons (Fsp3) is 0.583. The SMILES string of the molecule is C=C1C=CC(=O)OC1C1CCCCC1. The predicted octanol–water partition coefficient (Wildman–Crippen LogP) is 2.60. The van der Waals surface area contributed by atoms with Crippen molar-refractivity contribution in [1.29, 1.82) is 0 Å². The molecular formula is C12H16O2. The molecule has 1 aliphatic carbocycles. The Bertz CT molecular complexity index is 272. The molecular weight excluding hydrogens is 176 g/mol. The Morgan fingerprint density at radius 3 is 2.64 bits per heavy atom. The Hall–Kier alpha value is -1.05. The molecule has 1 atom stereocenters. The van der Waals surface area contributed by atoms with E-state index in [0.29, 0.717) is 5.92 Å². The molecule has 0 N–H and O–H groups in total. The molecule has 2 aliphatic rings. The normalized spacial score (nSPS) is 29.0. The van der Waals surface area contributed by atoms with E-state index in [2.05, 4.69) is 6.58 Å². The van der Waals surface area contributed by atoms with Gasteiger partial charge in [-0.25, -0.2) is 4.79 Å². The third-order valence-corrected chi connectivity index (χ3v) is 3.12. The van der Waals surface area contributed by atoms with Crippen LogP contribution in [0.2, 0.25) is 0 Å². The van der Waals surface area contributed by atoms with Gasteiger partial charge in [-0.1, -0.05) is 25.8 Å². The molecule has 0 spiro atoms. The number of carbonyl (C=O) groups is 1. The van der Waals surface area contributed by atoms with E-state index in [1.54, 1.807) is 6.08 Å². The second kappa shape index (κ2) is 3.99. The van der Waals surface area contributed by atoms with E-state index < -0.39 is 0 Å². The molecule has 76 valence electrons. The summed E-state index contributed by atoms with van der Waals surface area (Å²) in [6.45, 7) is 3.94. The number of hydrogen-bond donors (Lipinski definition) is 0. The van der Waals surface area contributed by atoms with Crippen molar-refractivity contribution in [2.24, 2.45) is 5.92 Å². The molecule has 1 aliphatic heterocycles. The molecule has 0 amide bonds. The van der Waals surface area contributed by atoms with E-state index in [1.165, 1.54) is 38.2 Å². The van der Waals surface area contributed by atoms with Gasteiger partial charge in [-0.15, -0.1) is 0 Å². The summed E-state index contributed by atoms with van der Waals surface area (Å²) in [5.74, 6) is 0.290. The van der Waals surface area contributed by atoms with E-state index in [1.807, 2.05) is 0 Å². The quantitative estimate of drug-likeness (QED) is 0.597. The first-order valence-electron chi connectivity index (χ1n) is 5.35. The van der Waals surface area contributed by atoms with Crippen LogP contribution in [0.3, 0.4) is 0 Å². The van der Waals surface area contributed by atoms with Crippen LogP contribution in [0.1, 0.15) is 32.1 Å². The predicted molar refractivity (Wildman–Crippen MR) is 54.7 cm³/mol. The van der Waals surface area contributed by atoms with E-state index in [0.717, 1.165) is 5.57 Å². The zero-order chi connectivity index (χ0) is 9.97. The van der Waals surface area contributed by atoms with Crippen LogP contribution in [0, 0.1) is 5.92 Å². The summed E-state index contributed by atoms with van der Waals surface area (Å²) < 4.78 is 5.31. The number of cyclic esters (lactones) is 1. The van der Waals surface area contributed by atoms with Gasteiger partial charge >= 0.3 is 5.97 Å². The Kier molecular flexibility index (Phi) is 2.71. The number of rotatable bonds is 1. The Morgan fingerprint density at radius 1 is 1.21 bits per heavy atom. The lowest BCUT2D eigenvalue weighted by molar-refractivity contribution is -0.144. The average molecular weight is 192 g/mol. The molecule has 1 saturated carbocycles. The number of esters is 1. The number of carbonyl (C=O) groups excluding carboxylic acids is 1. The third kappa shape index (κ3) is 1.89. The van der Waals surface area contributed by atoms with Crippen molar-refractivity contribution in [3.8, 4) is 0 Å². The summed E-state index contributed by atoms with van der Waals surface area (Å²) in [4.78, 5) is 11.1. The van der Waals surface area contributed by atoms with Crippen LogP contribution in [0.25, 0.3) is 0 Å². The fourth-order valence-corrected chi connectivity index (χ4v) is 2.35. The lowest BCUT2D eigenvalue weighted by atomic mass is 9.82. The first-order chi connectivity index (χ1) is 6.77. The van der Waals surface area contributed by atoms with Gasteiger partial charge in [0, 0.05) is 12.0 Å². The molecule has 0 aromatic rings. The first kappa shape index (κ1) is 9.50. The maximum atomic E-state index is 11.1. The topological polar surface area (TPSA) is 26.3 Å². The molecule has 2 rings (SSSR count). The van der Waals surface area contributed by atoms with Gasteiger partial charge in [0.05, 0.1) is 0 Å². The maximum absolute atomic E-state index is 11.1. The standard InChI is InChI=1S/C12H16O2/c1-9-7-8-11(13)14-12(9)10-5-3-2-4-6-10/h7-8,10,12H,1-6H2. The lowest BCUT2D eigenvalue weighted by Crippen LogP contribution is -2.31. The highest BCUT2D eigenvalue weighted by Crippen LogP contribution is 2.32. The molecule has 0 aromatic carbocycles. The summed E-state index contributed by atoms with van der Waals surface area (Å²) in [6.07, 6.45) is 9.39. The molecule has 14 heavy (non-hydrogen) atoms. The summed E-state index contributed by atoms with van der Waals surface area (Å²) in [5, 5.41) is 0. The van der Waals surface area contributed by atoms with Gasteiger partial charge in [-0.05, 0) is 24.5 Å². The van der Waals surface area contributed by atoms with Crippen LogP contribution in [0.5, 0.6) is 0 Å². The van der Waals surface area contributed by atoms with Crippen LogP contribution >= 0.6 is 0 Å². The second-order valence-corrected chi connectivity index (χ2v) is 4.16. The van der Waals surface area contributed by atoms with Crippen LogP contribution in [0.15, 0.2) is 24.3 Å². The van der Waals surface area contributed by atoms with Gasteiger partial charge < -0.3 is 4.74 Å². The van der Waals surface area contributed by atoms with Crippen molar-refractivity contribution in [2.75, 3.05) is 0 Å². The second-order valence-electron chi connectivity index (χ2n) is 4.16. The smallest absolute Gasteiger partial charge is 0.331 e. The minimum absolute atomic E-state index is 0.0483. The van der Waals surface area contributed by atoms with E-state index in [9.17, 15) is 4.79 Å². The van der Waals surface area contributed by atoms with Crippen molar-refractivity contribution in [3.05, 3.63) is 24.3 Å². The minimum atomic E-state index is -0.215. The van der Waals surface area contributed by atoms with Crippen molar-refractivity contribution in [1.82, 2.24) is 0 Å². The fourth-order valence-electron chi connectivity index (χ4n) is 2.35. The summed E-state index contributed by atoms with van der Waals surface area (Å²) in [7, 11) is 0. The molecule has 1 heterocycles. The van der Waals surface area contributed by atoms with Crippen molar-refractivity contribution < 1.29 is 9.53 Å². The lowest BCUT2D eigenvalue weighted by Gasteiger charge is -2.31. The molecule has 1 unspecified atom stereocenters. The molecule has 0 aromatic heterocycles. The zero-order valence-electron chi connectivity index (χ0n) is 8.37. The van der Waals surface area contributed by atoms with Gasteiger partial charge in [0.2, 0.25) is 0 Å². The number of ether oxygens (including phenoxy) is 1. The average Bonchev–Trinajstić information content (AvgIpc) is 2.23. The van der Waals surface area contributed by atoms with Crippen molar-refractivity contribution in [3.63, 3.8) is 0 Å². The first-order valence-corrected chi connectivity index (χ1v) is 5.35. The molecule has 1 fully saturated rings. The highest BCUT2D eigenvalue weighted by Gasteiger charge is 2.29. The monoisotopic (exact) mass is 192 g/mol.